The Kier molecular flexibility index (Phi) is 4.52. The summed E-state index contributed by atoms with van der Waals surface area (Å²) in [5.74, 6) is 0.908. The molecule has 1 aliphatic heterocycles. The molecule has 0 aliphatic carbocycles. The van der Waals surface area contributed by atoms with E-state index >= 15 is 0 Å². The highest BCUT2D eigenvalue weighted by Gasteiger charge is 2.28. The number of hydrogen-bond acceptors (Lipinski definition) is 4. The van der Waals surface area contributed by atoms with Gasteiger partial charge in [-0.25, -0.2) is 9.78 Å². The number of nitrogens with two attached hydrogens (primary N) is 1. The summed E-state index contributed by atoms with van der Waals surface area (Å²) in [7, 11) is 0. The first kappa shape index (κ1) is 15.8. The van der Waals surface area contributed by atoms with Crippen LogP contribution < -0.4 is 10.6 Å². The molecule has 1 atom stereocenters. The van der Waals surface area contributed by atoms with Crippen LogP contribution >= 0.6 is 0 Å². The van der Waals surface area contributed by atoms with Gasteiger partial charge in [0, 0.05) is 24.7 Å². The number of hydrogen-bond donors (Lipinski definition) is 1. The molecule has 1 amide bonds. The largest absolute Gasteiger partial charge is 0.443 e. The molecule has 0 radical (unpaired) electrons. The monoisotopic (exact) mass is 291 g/mol. The zero-order valence-electron chi connectivity index (χ0n) is 13.3. The molecule has 0 saturated heterocycles. The van der Waals surface area contributed by atoms with Gasteiger partial charge < -0.3 is 10.5 Å². The summed E-state index contributed by atoms with van der Waals surface area (Å²) in [5.41, 5.74) is 7.23. The highest BCUT2D eigenvalue weighted by Crippen LogP contribution is 2.28. The Balaban J connectivity index is 2.30. The van der Waals surface area contributed by atoms with Gasteiger partial charge in [0.25, 0.3) is 0 Å². The van der Waals surface area contributed by atoms with Crippen LogP contribution in [0.5, 0.6) is 0 Å². The maximum absolute atomic E-state index is 12.4. The third-order valence-corrected chi connectivity index (χ3v) is 3.53. The van der Waals surface area contributed by atoms with E-state index < -0.39 is 5.60 Å². The normalized spacial score (nSPS) is 16.3. The van der Waals surface area contributed by atoms with Crippen molar-refractivity contribution in [3.05, 3.63) is 23.4 Å². The Morgan fingerprint density at radius 3 is 2.81 bits per heavy atom. The number of carbonyl (C=O) groups excluding carboxylic acids is 1. The second-order valence-electron chi connectivity index (χ2n) is 6.59. The first-order valence-electron chi connectivity index (χ1n) is 7.52. The van der Waals surface area contributed by atoms with Gasteiger partial charge in [-0.15, -0.1) is 0 Å². The predicted molar refractivity (Wildman–Crippen MR) is 83.6 cm³/mol. The van der Waals surface area contributed by atoms with E-state index in [-0.39, 0.29) is 12.0 Å². The molecule has 2 rings (SSSR count). The van der Waals surface area contributed by atoms with Crippen molar-refractivity contribution in [1.82, 2.24) is 4.98 Å². The second-order valence-corrected chi connectivity index (χ2v) is 6.59. The molecular weight excluding hydrogens is 266 g/mol. The number of nitrogens with zero attached hydrogens (tertiary/aromatic N) is 2. The van der Waals surface area contributed by atoms with Crippen LogP contribution in [0.25, 0.3) is 0 Å². The van der Waals surface area contributed by atoms with Crippen LogP contribution in [0.15, 0.2) is 12.1 Å². The van der Waals surface area contributed by atoms with Crippen molar-refractivity contribution in [3.63, 3.8) is 0 Å². The lowest BCUT2D eigenvalue weighted by molar-refractivity contribution is 0.0576. The van der Waals surface area contributed by atoms with Crippen molar-refractivity contribution in [3.8, 4) is 0 Å². The SMILES string of the molecule is CC(CN)c1ccc2c(n1)N(C(=O)OC(C)(C)C)CCC2. The third kappa shape index (κ3) is 3.73. The zero-order valence-corrected chi connectivity index (χ0v) is 13.3. The van der Waals surface area contributed by atoms with Crippen molar-refractivity contribution in [1.29, 1.82) is 0 Å². The van der Waals surface area contributed by atoms with E-state index in [1.54, 1.807) is 4.90 Å². The molecule has 2 heterocycles. The summed E-state index contributed by atoms with van der Waals surface area (Å²) in [6.45, 7) is 8.84. The average Bonchev–Trinajstić information content (AvgIpc) is 2.43. The minimum atomic E-state index is -0.503. The number of fused-ring (bicyclic) bond motifs is 1. The van der Waals surface area contributed by atoms with Gasteiger partial charge >= 0.3 is 6.09 Å². The average molecular weight is 291 g/mol. The lowest BCUT2D eigenvalue weighted by atomic mass is 10.0. The van der Waals surface area contributed by atoms with E-state index in [9.17, 15) is 4.79 Å². The fourth-order valence-electron chi connectivity index (χ4n) is 2.34. The quantitative estimate of drug-likeness (QED) is 0.909. The van der Waals surface area contributed by atoms with E-state index in [0.29, 0.717) is 13.1 Å². The van der Waals surface area contributed by atoms with Gasteiger partial charge in [-0.05, 0) is 45.2 Å². The molecule has 0 aromatic carbocycles. The highest BCUT2D eigenvalue weighted by atomic mass is 16.6. The number of aromatic nitrogens is 1. The minimum Gasteiger partial charge on any atom is -0.443 e. The lowest BCUT2D eigenvalue weighted by Crippen LogP contribution is -2.40. The number of pyridine rings is 1. The predicted octanol–water partition coefficient (Wildman–Crippen LogP) is 2.83. The molecule has 5 nitrogen and oxygen atoms in total. The summed E-state index contributed by atoms with van der Waals surface area (Å²) in [4.78, 5) is 18.7. The smallest absolute Gasteiger partial charge is 0.416 e. The molecule has 1 unspecified atom stereocenters. The molecule has 21 heavy (non-hydrogen) atoms. The number of carbonyl (C=O) groups is 1. The number of anilines is 1. The van der Waals surface area contributed by atoms with Crippen LogP contribution in [0.3, 0.4) is 0 Å². The van der Waals surface area contributed by atoms with E-state index in [0.717, 1.165) is 29.9 Å². The topological polar surface area (TPSA) is 68.5 Å². The van der Waals surface area contributed by atoms with Crippen molar-refractivity contribution in [2.24, 2.45) is 5.73 Å². The molecule has 116 valence electrons. The van der Waals surface area contributed by atoms with Crippen LogP contribution in [0.4, 0.5) is 10.6 Å². The molecule has 0 fully saturated rings. The van der Waals surface area contributed by atoms with Crippen LogP contribution in [0, 0.1) is 0 Å². The summed E-state index contributed by atoms with van der Waals surface area (Å²) >= 11 is 0. The first-order valence-corrected chi connectivity index (χ1v) is 7.52. The Labute approximate surface area is 126 Å². The lowest BCUT2D eigenvalue weighted by Gasteiger charge is -2.31. The summed E-state index contributed by atoms with van der Waals surface area (Å²) in [6, 6.07) is 4.06. The Morgan fingerprint density at radius 2 is 2.19 bits per heavy atom. The fourth-order valence-corrected chi connectivity index (χ4v) is 2.34. The van der Waals surface area contributed by atoms with Gasteiger partial charge in [0.1, 0.15) is 11.4 Å². The second kappa shape index (κ2) is 6.02. The number of aryl methyl sites for hydroxylation is 1. The van der Waals surface area contributed by atoms with Crippen LogP contribution in [-0.2, 0) is 11.2 Å². The molecule has 0 bridgehead atoms. The third-order valence-electron chi connectivity index (χ3n) is 3.53. The summed E-state index contributed by atoms with van der Waals surface area (Å²) in [6.07, 6.45) is 1.55. The molecule has 2 N–H and O–H groups in total. The zero-order chi connectivity index (χ0) is 15.6. The van der Waals surface area contributed by atoms with Gasteiger partial charge in [0.2, 0.25) is 0 Å². The summed E-state index contributed by atoms with van der Waals surface area (Å²) in [5, 5.41) is 0. The van der Waals surface area contributed by atoms with Crippen LogP contribution in [0.1, 0.15) is 51.3 Å². The first-order chi connectivity index (χ1) is 9.81. The van der Waals surface area contributed by atoms with Gasteiger partial charge in [0.15, 0.2) is 0 Å². The molecule has 5 heteroatoms. The Bertz CT molecular complexity index is 523. The minimum absolute atomic E-state index is 0.178. The fraction of sp³-hybridized carbons (Fsp3) is 0.625. The van der Waals surface area contributed by atoms with Crippen molar-refractivity contribution >= 4 is 11.9 Å². The summed E-state index contributed by atoms with van der Waals surface area (Å²) < 4.78 is 5.48. The van der Waals surface area contributed by atoms with Crippen molar-refractivity contribution in [2.75, 3.05) is 18.0 Å². The van der Waals surface area contributed by atoms with Crippen LogP contribution in [-0.4, -0.2) is 29.8 Å². The van der Waals surface area contributed by atoms with E-state index in [1.807, 2.05) is 33.8 Å². The maximum Gasteiger partial charge on any atom is 0.416 e. The van der Waals surface area contributed by atoms with Crippen molar-refractivity contribution in [2.45, 2.75) is 52.1 Å². The Morgan fingerprint density at radius 1 is 1.48 bits per heavy atom. The molecule has 0 saturated carbocycles. The van der Waals surface area contributed by atoms with Crippen LogP contribution in [0.2, 0.25) is 0 Å². The van der Waals surface area contributed by atoms with Gasteiger partial charge in [0.05, 0.1) is 0 Å². The van der Waals surface area contributed by atoms with E-state index in [4.69, 9.17) is 10.5 Å². The standard InChI is InChI=1S/C16H25N3O2/c1-11(10-17)13-8-7-12-6-5-9-19(14(12)18-13)15(20)21-16(2,3)4/h7-8,11H,5-6,9-10,17H2,1-4H3. The van der Waals surface area contributed by atoms with Gasteiger partial charge in [-0.1, -0.05) is 13.0 Å². The highest BCUT2D eigenvalue weighted by molar-refractivity contribution is 5.88. The Hall–Kier alpha value is -1.62. The molecule has 0 spiro atoms. The number of ether oxygens (including phenoxy) is 1. The molecule has 1 aliphatic rings. The molecule has 1 aromatic rings. The molecule has 1 aromatic heterocycles. The molecular formula is C16H25N3O2. The van der Waals surface area contributed by atoms with E-state index in [2.05, 4.69) is 11.1 Å². The van der Waals surface area contributed by atoms with E-state index in [1.165, 1.54) is 0 Å². The van der Waals surface area contributed by atoms with Gasteiger partial charge in [-0.3, -0.25) is 4.90 Å². The number of rotatable bonds is 2. The van der Waals surface area contributed by atoms with Crippen molar-refractivity contribution < 1.29 is 9.53 Å². The van der Waals surface area contributed by atoms with Gasteiger partial charge in [-0.2, -0.15) is 0 Å². The number of amides is 1. The maximum atomic E-state index is 12.4.